The van der Waals surface area contributed by atoms with E-state index in [2.05, 4.69) is 20.8 Å². The predicted octanol–water partition coefficient (Wildman–Crippen LogP) is 4.37. The van der Waals surface area contributed by atoms with E-state index in [-0.39, 0.29) is 9.79 Å². The maximum absolute atomic E-state index is 13.7. The minimum absolute atomic E-state index is 0.0608. The minimum Gasteiger partial charge on any atom is -0.334 e. The molecule has 0 fully saturated rings. The summed E-state index contributed by atoms with van der Waals surface area (Å²) < 4.78 is 40.2. The van der Waals surface area contributed by atoms with Crippen LogP contribution in [0.3, 0.4) is 0 Å². The Kier molecular flexibility index (Phi) is 6.00. The first-order valence-electron chi connectivity index (χ1n) is 9.66. The number of halogens is 1. The smallest absolute Gasteiger partial charge is 0.319 e. The third kappa shape index (κ3) is 4.68. The van der Waals surface area contributed by atoms with Crippen LogP contribution in [0.5, 0.6) is 0 Å². The Morgan fingerprint density at radius 2 is 1.78 bits per heavy atom. The largest absolute Gasteiger partial charge is 0.334 e. The van der Waals surface area contributed by atoms with Gasteiger partial charge in [0.15, 0.2) is 0 Å². The van der Waals surface area contributed by atoms with Gasteiger partial charge in [-0.15, -0.1) is 0 Å². The van der Waals surface area contributed by atoms with Crippen molar-refractivity contribution in [2.75, 3.05) is 5.32 Å². The number of hydrogen-bond donors (Lipinski definition) is 3. The fraction of sp³-hybridized carbons (Fsp3) is 0.0435. The van der Waals surface area contributed by atoms with Crippen LogP contribution < -0.4 is 10.6 Å². The van der Waals surface area contributed by atoms with Crippen LogP contribution in [0.2, 0.25) is 0 Å². The van der Waals surface area contributed by atoms with E-state index in [4.69, 9.17) is 0 Å². The quantitative estimate of drug-likeness (QED) is 0.406. The van der Waals surface area contributed by atoms with Gasteiger partial charge in [0.25, 0.3) is 0 Å². The number of aromatic amines is 1. The van der Waals surface area contributed by atoms with Crippen molar-refractivity contribution in [3.8, 4) is 11.1 Å². The molecular weight excluding hydrogens is 431 g/mol. The van der Waals surface area contributed by atoms with Crippen molar-refractivity contribution in [1.82, 2.24) is 15.5 Å². The predicted molar refractivity (Wildman–Crippen MR) is 118 cm³/mol. The molecule has 9 heteroatoms. The van der Waals surface area contributed by atoms with Crippen molar-refractivity contribution in [2.24, 2.45) is 0 Å². The molecule has 32 heavy (non-hydrogen) atoms. The van der Waals surface area contributed by atoms with Gasteiger partial charge in [-0.25, -0.2) is 17.6 Å². The molecule has 0 saturated heterocycles. The Bertz CT molecular complexity index is 1340. The first-order chi connectivity index (χ1) is 15.4. The molecule has 0 atom stereocenters. The van der Waals surface area contributed by atoms with Gasteiger partial charge in [0, 0.05) is 29.6 Å². The van der Waals surface area contributed by atoms with E-state index in [1.807, 2.05) is 0 Å². The van der Waals surface area contributed by atoms with Crippen LogP contribution in [-0.4, -0.2) is 24.6 Å². The van der Waals surface area contributed by atoms with Gasteiger partial charge in [0.2, 0.25) is 9.84 Å². The average Bonchev–Trinajstić information content (AvgIpc) is 3.32. The van der Waals surface area contributed by atoms with Crippen molar-refractivity contribution in [2.45, 2.75) is 16.3 Å². The molecule has 0 aliphatic rings. The maximum Gasteiger partial charge on any atom is 0.319 e. The number of carbonyl (C=O) groups excluding carboxylic acids is 1. The first-order valence-corrected chi connectivity index (χ1v) is 11.1. The molecule has 2 amide bonds. The number of nitrogens with one attached hydrogen (secondary N) is 3. The summed E-state index contributed by atoms with van der Waals surface area (Å²) in [5, 5.41) is 11.8. The highest BCUT2D eigenvalue weighted by Crippen LogP contribution is 2.32. The van der Waals surface area contributed by atoms with Crippen LogP contribution in [0.4, 0.5) is 14.9 Å². The number of amides is 2. The van der Waals surface area contributed by atoms with Gasteiger partial charge in [0.05, 0.1) is 16.0 Å². The van der Waals surface area contributed by atoms with Crippen LogP contribution in [0, 0.1) is 5.82 Å². The molecule has 162 valence electrons. The maximum atomic E-state index is 13.7. The molecule has 0 aliphatic heterocycles. The van der Waals surface area contributed by atoms with E-state index < -0.39 is 21.7 Å². The van der Waals surface area contributed by atoms with Gasteiger partial charge in [-0.2, -0.15) is 5.10 Å². The Morgan fingerprint density at radius 3 is 2.50 bits per heavy atom. The highest BCUT2D eigenvalue weighted by molar-refractivity contribution is 7.91. The summed E-state index contributed by atoms with van der Waals surface area (Å²) in [6.07, 6.45) is 3.27. The number of carbonyl (C=O) groups is 1. The van der Waals surface area contributed by atoms with Gasteiger partial charge in [-0.05, 0) is 48.0 Å². The summed E-state index contributed by atoms with van der Waals surface area (Å²) in [4.78, 5) is 12.2. The van der Waals surface area contributed by atoms with Crippen LogP contribution in [0.15, 0.2) is 95.0 Å². The number of H-pyrrole nitrogens is 1. The molecule has 0 radical (unpaired) electrons. The monoisotopic (exact) mass is 450 g/mol. The Labute approximate surface area is 184 Å². The lowest BCUT2D eigenvalue weighted by atomic mass is 10.1. The van der Waals surface area contributed by atoms with Crippen LogP contribution in [-0.2, 0) is 16.4 Å². The first kappa shape index (κ1) is 21.3. The summed E-state index contributed by atoms with van der Waals surface area (Å²) >= 11 is 0. The molecule has 0 unspecified atom stereocenters. The number of sulfone groups is 1. The topological polar surface area (TPSA) is 104 Å². The standard InChI is InChI=1S/C23H19FN4O3S/c24-18-5-3-4-17(12-18)21-6-1-2-7-22(21)32(30,31)20-10-8-19(9-11-20)28-23(29)25-13-16-14-26-27-15-16/h1-12,14-15H,13H2,(H,26,27)(H2,25,28,29). The summed E-state index contributed by atoms with van der Waals surface area (Å²) in [7, 11) is -3.88. The molecule has 3 N–H and O–H groups in total. The van der Waals surface area contributed by atoms with Gasteiger partial charge in [-0.1, -0.05) is 30.3 Å². The fourth-order valence-electron chi connectivity index (χ4n) is 3.17. The van der Waals surface area contributed by atoms with Crippen LogP contribution in [0.25, 0.3) is 11.1 Å². The van der Waals surface area contributed by atoms with Gasteiger partial charge < -0.3 is 10.6 Å². The second-order valence-electron chi connectivity index (χ2n) is 6.95. The van der Waals surface area contributed by atoms with Gasteiger partial charge >= 0.3 is 6.03 Å². The Morgan fingerprint density at radius 1 is 1.00 bits per heavy atom. The van der Waals surface area contributed by atoms with Gasteiger partial charge in [-0.3, -0.25) is 5.10 Å². The molecule has 3 aromatic carbocycles. The fourth-order valence-corrected chi connectivity index (χ4v) is 4.65. The molecule has 0 spiro atoms. The number of rotatable bonds is 6. The molecule has 0 saturated carbocycles. The van der Waals surface area contributed by atoms with E-state index >= 15 is 0 Å². The van der Waals surface area contributed by atoms with Crippen molar-refractivity contribution < 1.29 is 17.6 Å². The molecule has 1 heterocycles. The molecule has 0 bridgehead atoms. The highest BCUT2D eigenvalue weighted by atomic mass is 32.2. The molecule has 4 rings (SSSR count). The zero-order chi connectivity index (χ0) is 22.6. The third-order valence-corrected chi connectivity index (χ3v) is 6.57. The lowest BCUT2D eigenvalue weighted by molar-refractivity contribution is 0.251. The van der Waals surface area contributed by atoms with E-state index in [0.717, 1.165) is 5.56 Å². The number of benzene rings is 3. The van der Waals surface area contributed by atoms with Crippen molar-refractivity contribution in [3.63, 3.8) is 0 Å². The second kappa shape index (κ2) is 9.03. The number of anilines is 1. The molecule has 1 aromatic heterocycles. The van der Waals surface area contributed by atoms with E-state index in [1.165, 1.54) is 48.5 Å². The van der Waals surface area contributed by atoms with Crippen molar-refractivity contribution in [3.05, 3.63) is 96.6 Å². The average molecular weight is 450 g/mol. The van der Waals surface area contributed by atoms with E-state index in [1.54, 1.807) is 36.7 Å². The van der Waals surface area contributed by atoms with E-state index in [9.17, 15) is 17.6 Å². The van der Waals surface area contributed by atoms with Crippen molar-refractivity contribution >= 4 is 21.6 Å². The summed E-state index contributed by atoms with van der Waals surface area (Å²) in [5.41, 5.74) is 2.13. The Hall–Kier alpha value is -3.98. The summed E-state index contributed by atoms with van der Waals surface area (Å²) in [6.45, 7) is 0.297. The van der Waals surface area contributed by atoms with E-state index in [0.29, 0.717) is 23.4 Å². The van der Waals surface area contributed by atoms with Crippen LogP contribution >= 0.6 is 0 Å². The molecule has 7 nitrogen and oxygen atoms in total. The molecular formula is C23H19FN4O3S. The van der Waals surface area contributed by atoms with Crippen molar-refractivity contribution in [1.29, 1.82) is 0 Å². The van der Waals surface area contributed by atoms with Crippen LogP contribution in [0.1, 0.15) is 5.56 Å². The lowest BCUT2D eigenvalue weighted by Crippen LogP contribution is -2.28. The van der Waals surface area contributed by atoms with Gasteiger partial charge in [0.1, 0.15) is 5.82 Å². The lowest BCUT2D eigenvalue weighted by Gasteiger charge is -2.12. The summed E-state index contributed by atoms with van der Waals surface area (Å²) in [6, 6.07) is 17.7. The third-order valence-electron chi connectivity index (χ3n) is 4.74. The summed E-state index contributed by atoms with van der Waals surface area (Å²) in [5.74, 6) is -0.448. The number of aromatic nitrogens is 2. The second-order valence-corrected chi connectivity index (χ2v) is 8.87. The molecule has 0 aliphatic carbocycles. The minimum atomic E-state index is -3.88. The normalized spacial score (nSPS) is 11.2. The Balaban J connectivity index is 1.53. The zero-order valence-electron chi connectivity index (χ0n) is 16.7. The number of urea groups is 1. The number of hydrogen-bond acceptors (Lipinski definition) is 4. The SMILES string of the molecule is O=C(NCc1cn[nH]c1)Nc1ccc(S(=O)(=O)c2ccccc2-c2cccc(F)c2)cc1. The number of nitrogens with zero attached hydrogens (tertiary/aromatic N) is 1. The zero-order valence-corrected chi connectivity index (χ0v) is 17.6. The highest BCUT2D eigenvalue weighted by Gasteiger charge is 2.22. The molecule has 4 aromatic rings.